The Morgan fingerprint density at radius 2 is 1.92 bits per heavy atom. The average Bonchev–Trinajstić information content (AvgIpc) is 3.04. The van der Waals surface area contributed by atoms with Crippen LogP contribution in [0.1, 0.15) is 48.8 Å². The van der Waals surface area contributed by atoms with Crippen molar-refractivity contribution in [2.45, 2.75) is 39.3 Å². The van der Waals surface area contributed by atoms with E-state index in [4.69, 9.17) is 5.11 Å². The lowest BCUT2D eigenvalue weighted by Gasteiger charge is -2.21. The van der Waals surface area contributed by atoms with Gasteiger partial charge in [-0.25, -0.2) is 0 Å². The fourth-order valence-electron chi connectivity index (χ4n) is 2.38. The lowest BCUT2D eigenvalue weighted by atomic mass is 10.2. The number of benzene rings is 1. The van der Waals surface area contributed by atoms with Gasteiger partial charge < -0.3 is 10.0 Å². The summed E-state index contributed by atoms with van der Waals surface area (Å²) in [6.45, 7) is 4.81. The molecule has 0 bridgehead atoms. The number of rotatable bonds is 8. The Kier molecular flexibility index (Phi) is 6.12. The molecule has 1 N–H and O–H groups in total. The summed E-state index contributed by atoms with van der Waals surface area (Å²) in [4.78, 5) is 25.2. The summed E-state index contributed by atoms with van der Waals surface area (Å²) in [6.07, 6.45) is 2.24. The highest BCUT2D eigenvalue weighted by molar-refractivity contribution is 5.92. The quantitative estimate of drug-likeness (QED) is 0.808. The number of carboxylic acid groups (broad SMARTS) is 1. The van der Waals surface area contributed by atoms with Crippen LogP contribution in [-0.4, -0.2) is 38.2 Å². The number of amides is 1. The molecular formula is C18H23N3O3. The smallest absolute Gasteiger partial charge is 0.303 e. The Morgan fingerprint density at radius 1 is 1.21 bits per heavy atom. The SMILES string of the molecule is CC(C)n1ccc(C(=O)N(CCCC(=O)O)Cc2ccccc2)n1. The molecule has 0 radical (unpaired) electrons. The Labute approximate surface area is 141 Å². The van der Waals surface area contributed by atoms with Crippen molar-refractivity contribution in [2.75, 3.05) is 6.54 Å². The van der Waals surface area contributed by atoms with Crippen LogP contribution in [0.15, 0.2) is 42.6 Å². The number of aliphatic carboxylic acids is 1. The molecule has 1 amide bonds. The highest BCUT2D eigenvalue weighted by atomic mass is 16.4. The van der Waals surface area contributed by atoms with Gasteiger partial charge in [0.05, 0.1) is 0 Å². The van der Waals surface area contributed by atoms with Crippen LogP contribution in [0, 0.1) is 0 Å². The minimum absolute atomic E-state index is 0.0407. The summed E-state index contributed by atoms with van der Waals surface area (Å²) in [5.41, 5.74) is 1.39. The standard InChI is InChI=1S/C18H23N3O3/c1-14(2)21-12-10-16(19-21)18(24)20(11-6-9-17(22)23)13-15-7-4-3-5-8-15/h3-5,7-8,10,12,14H,6,9,11,13H2,1-2H3,(H,22,23). The van der Waals surface area contributed by atoms with Crippen LogP contribution >= 0.6 is 0 Å². The predicted octanol–water partition coefficient (Wildman–Crippen LogP) is 2.97. The van der Waals surface area contributed by atoms with Crippen molar-refractivity contribution >= 4 is 11.9 Å². The van der Waals surface area contributed by atoms with E-state index in [9.17, 15) is 9.59 Å². The van der Waals surface area contributed by atoms with Crippen molar-refractivity contribution in [2.24, 2.45) is 0 Å². The first-order valence-corrected chi connectivity index (χ1v) is 8.07. The van der Waals surface area contributed by atoms with Gasteiger partial charge in [-0.3, -0.25) is 14.3 Å². The van der Waals surface area contributed by atoms with Gasteiger partial charge in [0.15, 0.2) is 0 Å². The summed E-state index contributed by atoms with van der Waals surface area (Å²) in [5, 5.41) is 13.1. The summed E-state index contributed by atoms with van der Waals surface area (Å²) in [7, 11) is 0. The lowest BCUT2D eigenvalue weighted by Crippen LogP contribution is -2.32. The molecule has 0 aliphatic rings. The fourth-order valence-corrected chi connectivity index (χ4v) is 2.38. The van der Waals surface area contributed by atoms with E-state index in [0.717, 1.165) is 5.56 Å². The predicted molar refractivity (Wildman–Crippen MR) is 90.7 cm³/mol. The van der Waals surface area contributed by atoms with Crippen molar-refractivity contribution in [1.29, 1.82) is 0 Å². The van der Waals surface area contributed by atoms with E-state index < -0.39 is 5.97 Å². The number of nitrogens with zero attached hydrogens (tertiary/aromatic N) is 3. The zero-order chi connectivity index (χ0) is 17.5. The molecule has 0 saturated carbocycles. The largest absolute Gasteiger partial charge is 0.481 e. The molecule has 1 aromatic heterocycles. The Balaban J connectivity index is 2.13. The van der Waals surface area contributed by atoms with Gasteiger partial charge in [-0.2, -0.15) is 5.10 Å². The number of carbonyl (C=O) groups excluding carboxylic acids is 1. The molecule has 0 unspecified atom stereocenters. The third-order valence-electron chi connectivity index (χ3n) is 3.68. The molecule has 6 heteroatoms. The Morgan fingerprint density at radius 3 is 2.50 bits per heavy atom. The van der Waals surface area contributed by atoms with Crippen LogP contribution in [0.25, 0.3) is 0 Å². The van der Waals surface area contributed by atoms with Crippen LogP contribution in [0.4, 0.5) is 0 Å². The van der Waals surface area contributed by atoms with Gasteiger partial charge in [0.2, 0.25) is 0 Å². The van der Waals surface area contributed by atoms with Gasteiger partial charge >= 0.3 is 5.97 Å². The number of carboxylic acids is 1. The minimum atomic E-state index is -0.855. The van der Waals surface area contributed by atoms with Gasteiger partial charge in [0, 0.05) is 31.7 Å². The molecule has 1 heterocycles. The molecule has 0 fully saturated rings. The minimum Gasteiger partial charge on any atom is -0.481 e. The van der Waals surface area contributed by atoms with E-state index in [2.05, 4.69) is 5.10 Å². The van der Waals surface area contributed by atoms with Crippen molar-refractivity contribution in [3.05, 3.63) is 53.9 Å². The van der Waals surface area contributed by atoms with Crippen molar-refractivity contribution < 1.29 is 14.7 Å². The molecule has 1 aromatic carbocycles. The first-order valence-electron chi connectivity index (χ1n) is 8.07. The molecule has 0 atom stereocenters. The summed E-state index contributed by atoms with van der Waals surface area (Å²) >= 11 is 0. The highest BCUT2D eigenvalue weighted by Gasteiger charge is 2.19. The molecule has 0 aliphatic heterocycles. The lowest BCUT2D eigenvalue weighted by molar-refractivity contribution is -0.137. The molecular weight excluding hydrogens is 306 g/mol. The second-order valence-corrected chi connectivity index (χ2v) is 5.98. The highest BCUT2D eigenvalue weighted by Crippen LogP contribution is 2.12. The van der Waals surface area contributed by atoms with Gasteiger partial charge in [-0.1, -0.05) is 30.3 Å². The monoisotopic (exact) mass is 329 g/mol. The number of carbonyl (C=O) groups is 2. The van der Waals surface area contributed by atoms with Gasteiger partial charge in [0.1, 0.15) is 5.69 Å². The second kappa shape index (κ2) is 8.29. The third-order valence-corrected chi connectivity index (χ3v) is 3.68. The van der Waals surface area contributed by atoms with Crippen LogP contribution < -0.4 is 0 Å². The van der Waals surface area contributed by atoms with E-state index in [0.29, 0.717) is 25.2 Å². The molecule has 0 spiro atoms. The van der Waals surface area contributed by atoms with Crippen LogP contribution in [0.2, 0.25) is 0 Å². The fraction of sp³-hybridized carbons (Fsp3) is 0.389. The summed E-state index contributed by atoms with van der Waals surface area (Å²) in [6, 6.07) is 11.5. The zero-order valence-corrected chi connectivity index (χ0v) is 14.1. The first-order chi connectivity index (χ1) is 11.5. The van der Waals surface area contributed by atoms with E-state index in [1.165, 1.54) is 0 Å². The molecule has 0 aliphatic carbocycles. The maximum atomic E-state index is 12.8. The molecule has 2 aromatic rings. The normalized spacial score (nSPS) is 10.8. The zero-order valence-electron chi connectivity index (χ0n) is 14.1. The van der Waals surface area contributed by atoms with E-state index in [-0.39, 0.29) is 18.4 Å². The number of hydrogen-bond acceptors (Lipinski definition) is 3. The topological polar surface area (TPSA) is 75.4 Å². The van der Waals surface area contributed by atoms with Crippen LogP contribution in [0.3, 0.4) is 0 Å². The van der Waals surface area contributed by atoms with Crippen molar-refractivity contribution in [3.63, 3.8) is 0 Å². The molecule has 6 nitrogen and oxygen atoms in total. The maximum absolute atomic E-state index is 12.8. The Bertz CT molecular complexity index is 680. The van der Waals surface area contributed by atoms with Crippen molar-refractivity contribution in [3.8, 4) is 0 Å². The summed E-state index contributed by atoms with van der Waals surface area (Å²) in [5.74, 6) is -1.03. The van der Waals surface area contributed by atoms with Crippen LogP contribution in [0.5, 0.6) is 0 Å². The second-order valence-electron chi connectivity index (χ2n) is 5.98. The molecule has 0 saturated heterocycles. The van der Waals surface area contributed by atoms with Gasteiger partial charge in [-0.05, 0) is 31.9 Å². The molecule has 24 heavy (non-hydrogen) atoms. The first kappa shape index (κ1) is 17.7. The Hall–Kier alpha value is -2.63. The maximum Gasteiger partial charge on any atom is 0.303 e. The van der Waals surface area contributed by atoms with E-state index in [1.54, 1.807) is 21.8 Å². The van der Waals surface area contributed by atoms with E-state index in [1.807, 2.05) is 44.2 Å². The van der Waals surface area contributed by atoms with Crippen LogP contribution in [-0.2, 0) is 11.3 Å². The molecule has 2 rings (SSSR count). The third kappa shape index (κ3) is 4.94. The van der Waals surface area contributed by atoms with Gasteiger partial charge in [0.25, 0.3) is 5.91 Å². The average molecular weight is 329 g/mol. The summed E-state index contributed by atoms with van der Waals surface area (Å²) < 4.78 is 1.74. The van der Waals surface area contributed by atoms with Gasteiger partial charge in [-0.15, -0.1) is 0 Å². The van der Waals surface area contributed by atoms with Crippen molar-refractivity contribution in [1.82, 2.24) is 14.7 Å². The molecule has 128 valence electrons. The number of hydrogen-bond donors (Lipinski definition) is 1. The van der Waals surface area contributed by atoms with E-state index >= 15 is 0 Å². The number of aromatic nitrogens is 2.